The van der Waals surface area contributed by atoms with Crippen molar-refractivity contribution >= 4 is 17.7 Å². The van der Waals surface area contributed by atoms with Crippen LogP contribution in [0.5, 0.6) is 11.5 Å². The number of amides is 2. The van der Waals surface area contributed by atoms with Crippen molar-refractivity contribution in [2.24, 2.45) is 5.10 Å². The topological polar surface area (TPSA) is 102 Å². The van der Waals surface area contributed by atoms with Gasteiger partial charge < -0.3 is 19.5 Å². The van der Waals surface area contributed by atoms with Crippen LogP contribution < -0.4 is 14.8 Å². The van der Waals surface area contributed by atoms with Crippen LogP contribution in [-0.2, 0) is 4.74 Å². The zero-order valence-corrected chi connectivity index (χ0v) is 20.3. The van der Waals surface area contributed by atoms with Crippen LogP contribution in [-0.4, -0.2) is 47.3 Å². The number of rotatable bonds is 8. The third kappa shape index (κ3) is 6.02. The van der Waals surface area contributed by atoms with Gasteiger partial charge in [0, 0.05) is 23.5 Å². The molecule has 9 nitrogen and oxygen atoms in total. The van der Waals surface area contributed by atoms with Crippen molar-refractivity contribution in [3.8, 4) is 11.5 Å². The minimum Gasteiger partial charge on any atom is -0.493 e. The van der Waals surface area contributed by atoms with E-state index in [2.05, 4.69) is 20.1 Å². The number of carbonyl (C=O) groups is 2. The van der Waals surface area contributed by atoms with Crippen LogP contribution >= 0.6 is 0 Å². The van der Waals surface area contributed by atoms with Crippen LogP contribution in [0.2, 0.25) is 0 Å². The molecule has 1 N–H and O–H groups in total. The molecule has 1 aliphatic heterocycles. The molecule has 1 aromatic heterocycles. The van der Waals surface area contributed by atoms with Crippen LogP contribution in [0.1, 0.15) is 41.0 Å². The molecule has 1 aliphatic rings. The first kappa shape index (κ1) is 26.5. The lowest BCUT2D eigenvalue weighted by atomic mass is 10.0. The number of hydrogen-bond acceptors (Lipinski definition) is 7. The van der Waals surface area contributed by atoms with Gasteiger partial charge in [0.25, 0.3) is 5.91 Å². The Morgan fingerprint density at radius 3 is 2.45 bits per heavy atom. The van der Waals surface area contributed by atoms with Crippen molar-refractivity contribution in [1.82, 2.24) is 15.3 Å². The number of cyclic esters (lactones) is 1. The number of ether oxygens (including phenoxy) is 3. The van der Waals surface area contributed by atoms with E-state index in [0.717, 1.165) is 11.1 Å². The fourth-order valence-corrected chi connectivity index (χ4v) is 3.81. The molecule has 12 heteroatoms. The smallest absolute Gasteiger partial charge is 0.493 e. The normalized spacial score (nSPS) is 16.2. The standard InChI is InChI=1S/C26H23F3N4O5/c1-3-19-22(18-9-10-20(36-2)21(15-18)38-26(27,28)29)32-33(25(35)37-19)23(16-7-5-4-6-8-16)31-24(34)17-11-13-30-14-12-17/h4-15,19,23H,3H2,1-2H3,(H,31,34). The molecule has 0 spiro atoms. The van der Waals surface area contributed by atoms with Gasteiger partial charge in [0.1, 0.15) is 11.8 Å². The summed E-state index contributed by atoms with van der Waals surface area (Å²) in [4.78, 5) is 30.0. The van der Waals surface area contributed by atoms with Crippen LogP contribution in [0.4, 0.5) is 18.0 Å². The monoisotopic (exact) mass is 528 g/mol. The van der Waals surface area contributed by atoms with Crippen molar-refractivity contribution in [2.45, 2.75) is 32.0 Å². The number of methoxy groups -OCH3 is 1. The van der Waals surface area contributed by atoms with E-state index in [1.54, 1.807) is 37.3 Å². The highest BCUT2D eigenvalue weighted by Gasteiger charge is 2.37. The fourth-order valence-electron chi connectivity index (χ4n) is 3.81. The summed E-state index contributed by atoms with van der Waals surface area (Å²) in [5.41, 5.74) is 1.19. The van der Waals surface area contributed by atoms with Crippen LogP contribution in [0, 0.1) is 0 Å². The molecule has 198 valence electrons. The molecule has 0 saturated carbocycles. The van der Waals surface area contributed by atoms with Gasteiger partial charge in [-0.2, -0.15) is 10.1 Å². The first-order valence-electron chi connectivity index (χ1n) is 11.5. The summed E-state index contributed by atoms with van der Waals surface area (Å²) >= 11 is 0. The third-order valence-electron chi connectivity index (χ3n) is 5.58. The number of nitrogens with zero attached hydrogens (tertiary/aromatic N) is 3. The van der Waals surface area contributed by atoms with Gasteiger partial charge in [-0.15, -0.1) is 13.2 Å². The van der Waals surface area contributed by atoms with Gasteiger partial charge in [0.2, 0.25) is 0 Å². The summed E-state index contributed by atoms with van der Waals surface area (Å²) in [5.74, 6) is -1.23. The number of hydrazone groups is 1. The molecule has 2 amide bonds. The van der Waals surface area contributed by atoms with Gasteiger partial charge in [-0.05, 0) is 42.3 Å². The number of hydrogen-bond donors (Lipinski definition) is 1. The lowest BCUT2D eigenvalue weighted by Gasteiger charge is -2.34. The second kappa shape index (κ2) is 11.2. The molecular weight excluding hydrogens is 505 g/mol. The highest BCUT2D eigenvalue weighted by atomic mass is 19.4. The van der Waals surface area contributed by atoms with Gasteiger partial charge >= 0.3 is 12.5 Å². The average molecular weight is 528 g/mol. The number of halogens is 3. The minimum atomic E-state index is -4.96. The molecule has 3 aromatic rings. The van der Waals surface area contributed by atoms with E-state index in [-0.39, 0.29) is 17.0 Å². The minimum absolute atomic E-state index is 0.142. The summed E-state index contributed by atoms with van der Waals surface area (Å²) in [7, 11) is 1.21. The maximum absolute atomic E-state index is 13.1. The zero-order valence-electron chi connectivity index (χ0n) is 20.3. The summed E-state index contributed by atoms with van der Waals surface area (Å²) in [6.45, 7) is 1.74. The number of aromatic nitrogens is 1. The highest BCUT2D eigenvalue weighted by Crippen LogP contribution is 2.35. The first-order valence-corrected chi connectivity index (χ1v) is 11.5. The van der Waals surface area contributed by atoms with Gasteiger partial charge in [-0.25, -0.2) is 4.79 Å². The Bertz CT molecular complexity index is 1320. The molecule has 4 rings (SSSR count). The Morgan fingerprint density at radius 2 is 1.82 bits per heavy atom. The molecule has 0 aliphatic carbocycles. The lowest BCUT2D eigenvalue weighted by molar-refractivity contribution is -0.275. The number of benzene rings is 2. The predicted octanol–water partition coefficient (Wildman–Crippen LogP) is 5.05. The number of pyridine rings is 1. The van der Waals surface area contributed by atoms with Crippen LogP contribution in [0.25, 0.3) is 0 Å². The molecular formula is C26H23F3N4O5. The molecule has 38 heavy (non-hydrogen) atoms. The van der Waals surface area contributed by atoms with E-state index in [9.17, 15) is 22.8 Å². The van der Waals surface area contributed by atoms with Gasteiger partial charge in [0.15, 0.2) is 17.7 Å². The molecule has 2 unspecified atom stereocenters. The molecule has 0 saturated heterocycles. The maximum atomic E-state index is 13.1. The van der Waals surface area contributed by atoms with E-state index in [0.29, 0.717) is 17.5 Å². The molecule has 2 aromatic carbocycles. The van der Waals surface area contributed by atoms with Gasteiger partial charge in [-0.1, -0.05) is 37.3 Å². The van der Waals surface area contributed by atoms with Gasteiger partial charge in [-0.3, -0.25) is 9.78 Å². The van der Waals surface area contributed by atoms with E-state index < -0.39 is 36.4 Å². The second-order valence-electron chi connectivity index (χ2n) is 8.05. The van der Waals surface area contributed by atoms with E-state index >= 15 is 0 Å². The molecule has 0 fully saturated rings. The Hall–Kier alpha value is -4.61. The quantitative estimate of drug-likeness (QED) is 0.439. The molecule has 0 bridgehead atoms. The van der Waals surface area contributed by atoms with Crippen molar-refractivity contribution < 1.29 is 37.0 Å². The summed E-state index contributed by atoms with van der Waals surface area (Å²) in [6, 6.07) is 15.5. The predicted molar refractivity (Wildman–Crippen MR) is 129 cm³/mol. The van der Waals surface area contributed by atoms with Crippen LogP contribution in [0.3, 0.4) is 0 Å². The third-order valence-corrected chi connectivity index (χ3v) is 5.58. The molecule has 2 heterocycles. The van der Waals surface area contributed by atoms with Gasteiger partial charge in [0.05, 0.1) is 7.11 Å². The number of alkyl halides is 3. The lowest BCUT2D eigenvalue weighted by Crippen LogP contribution is -2.48. The molecule has 0 radical (unpaired) electrons. The Kier molecular flexibility index (Phi) is 7.79. The van der Waals surface area contributed by atoms with Crippen molar-refractivity contribution in [3.05, 3.63) is 89.7 Å². The van der Waals surface area contributed by atoms with E-state index in [1.165, 1.54) is 43.8 Å². The van der Waals surface area contributed by atoms with E-state index in [1.807, 2.05) is 0 Å². The van der Waals surface area contributed by atoms with Crippen molar-refractivity contribution in [3.63, 3.8) is 0 Å². The molecule has 2 atom stereocenters. The Labute approximate surface area is 215 Å². The summed E-state index contributed by atoms with van der Waals surface area (Å²) in [6.07, 6.45) is -4.57. The SMILES string of the molecule is CCC1OC(=O)N(C(NC(=O)c2ccncc2)c2ccccc2)N=C1c1ccc(OC)c(OC(F)(F)F)c1. The van der Waals surface area contributed by atoms with Crippen molar-refractivity contribution in [1.29, 1.82) is 0 Å². The summed E-state index contributed by atoms with van der Waals surface area (Å²) < 4.78 is 53.8. The second-order valence-corrected chi connectivity index (χ2v) is 8.05. The number of nitrogens with one attached hydrogen (secondary N) is 1. The Morgan fingerprint density at radius 1 is 1.11 bits per heavy atom. The average Bonchev–Trinajstić information content (AvgIpc) is 2.91. The Balaban J connectivity index is 1.77. The number of carbonyl (C=O) groups excluding carboxylic acids is 2. The van der Waals surface area contributed by atoms with Crippen molar-refractivity contribution in [2.75, 3.05) is 7.11 Å². The maximum Gasteiger partial charge on any atom is 0.573 e. The summed E-state index contributed by atoms with van der Waals surface area (Å²) in [5, 5.41) is 8.19. The highest BCUT2D eigenvalue weighted by molar-refractivity contribution is 6.06. The first-order chi connectivity index (χ1) is 18.2. The largest absolute Gasteiger partial charge is 0.573 e. The van der Waals surface area contributed by atoms with E-state index in [4.69, 9.17) is 9.47 Å². The zero-order chi connectivity index (χ0) is 27.3. The van der Waals surface area contributed by atoms with Crippen LogP contribution in [0.15, 0.2) is 78.2 Å². The fraction of sp³-hybridized carbons (Fsp3) is 0.231.